The normalized spacial score (nSPS) is 21.0. The van der Waals surface area contributed by atoms with E-state index in [-0.39, 0.29) is 13.2 Å². The summed E-state index contributed by atoms with van der Waals surface area (Å²) in [6.07, 6.45) is -2.35. The number of hydrogen-bond acceptors (Lipinski definition) is 5. The second-order valence-electron chi connectivity index (χ2n) is 7.38. The van der Waals surface area contributed by atoms with E-state index in [0.29, 0.717) is 0 Å². The van der Waals surface area contributed by atoms with Gasteiger partial charge >= 0.3 is 12.1 Å². The summed E-state index contributed by atoms with van der Waals surface area (Å²) in [6, 6.07) is 3.76. The predicted molar refractivity (Wildman–Crippen MR) is 95.1 cm³/mol. The van der Waals surface area contributed by atoms with E-state index in [9.17, 15) is 18.0 Å². The van der Waals surface area contributed by atoms with Crippen LogP contribution in [-0.2, 0) is 17.5 Å². The van der Waals surface area contributed by atoms with E-state index in [2.05, 4.69) is 15.0 Å². The Labute approximate surface area is 160 Å². The summed E-state index contributed by atoms with van der Waals surface area (Å²) in [6.45, 7) is 5.49. The third-order valence-electron chi connectivity index (χ3n) is 5.34. The van der Waals surface area contributed by atoms with E-state index < -0.39 is 23.4 Å². The summed E-state index contributed by atoms with van der Waals surface area (Å²) in [5.41, 5.74) is -0.322. The van der Waals surface area contributed by atoms with Gasteiger partial charge in [-0.1, -0.05) is 6.07 Å². The van der Waals surface area contributed by atoms with Gasteiger partial charge in [0.2, 0.25) is 0 Å². The van der Waals surface area contributed by atoms with Gasteiger partial charge in [0, 0.05) is 25.0 Å². The lowest BCUT2D eigenvalue weighted by atomic mass is 10.2. The topological polar surface area (TPSA) is 60.2 Å². The van der Waals surface area contributed by atoms with Crippen LogP contribution in [0.4, 0.5) is 19.0 Å². The molecule has 0 aromatic carbocycles. The molecule has 2 aromatic rings. The van der Waals surface area contributed by atoms with Crippen molar-refractivity contribution in [3.63, 3.8) is 0 Å². The molecular formula is C19H21F3N4O2. The minimum atomic E-state index is -4.74. The maximum atomic E-state index is 13.2. The number of nitrogens with zero attached hydrogens (tertiary/aromatic N) is 4. The number of alkyl halides is 3. The third kappa shape index (κ3) is 3.57. The van der Waals surface area contributed by atoms with Crippen LogP contribution in [0.3, 0.4) is 0 Å². The van der Waals surface area contributed by atoms with Gasteiger partial charge in [0.25, 0.3) is 0 Å². The molecule has 1 aliphatic heterocycles. The zero-order chi connectivity index (χ0) is 20.1. The summed E-state index contributed by atoms with van der Waals surface area (Å²) >= 11 is 0. The summed E-state index contributed by atoms with van der Waals surface area (Å²) < 4.78 is 45.6. The largest absolute Gasteiger partial charge is 0.462 e. The van der Waals surface area contributed by atoms with Crippen molar-refractivity contribution in [1.29, 1.82) is 0 Å². The Morgan fingerprint density at radius 1 is 1.29 bits per heavy atom. The van der Waals surface area contributed by atoms with E-state index in [1.54, 1.807) is 0 Å². The lowest BCUT2D eigenvalue weighted by Gasteiger charge is -2.20. The second kappa shape index (κ2) is 6.79. The molecule has 2 atom stereocenters. The van der Waals surface area contributed by atoms with Crippen LogP contribution in [0.1, 0.15) is 40.7 Å². The summed E-state index contributed by atoms with van der Waals surface area (Å²) in [5, 5.41) is 3.59. The Hall–Kier alpha value is -2.58. The molecule has 150 valence electrons. The van der Waals surface area contributed by atoms with Crippen LogP contribution in [0.25, 0.3) is 0 Å². The molecule has 2 unspecified atom stereocenters. The number of carbonyl (C=O) groups is 1. The highest BCUT2D eigenvalue weighted by molar-refractivity contribution is 5.90. The minimum absolute atomic E-state index is 0.00991. The highest BCUT2D eigenvalue weighted by Crippen LogP contribution is 2.46. The first-order valence-corrected chi connectivity index (χ1v) is 9.29. The molecule has 9 heteroatoms. The van der Waals surface area contributed by atoms with Crippen LogP contribution in [0.5, 0.6) is 0 Å². The van der Waals surface area contributed by atoms with Crippen LogP contribution in [0, 0.1) is 18.8 Å². The molecule has 4 rings (SSSR count). The van der Waals surface area contributed by atoms with Gasteiger partial charge in [-0.15, -0.1) is 0 Å². The molecule has 0 radical (unpaired) electrons. The number of ether oxygens (including phenoxy) is 1. The van der Waals surface area contributed by atoms with Gasteiger partial charge < -0.3 is 9.64 Å². The van der Waals surface area contributed by atoms with E-state index in [0.717, 1.165) is 52.9 Å². The lowest BCUT2D eigenvalue weighted by Crippen LogP contribution is -2.23. The zero-order valence-electron chi connectivity index (χ0n) is 15.7. The van der Waals surface area contributed by atoms with Gasteiger partial charge in [0.05, 0.1) is 13.2 Å². The number of carbonyl (C=O) groups excluding carboxylic acids is 1. The van der Waals surface area contributed by atoms with Crippen LogP contribution >= 0.6 is 0 Å². The van der Waals surface area contributed by atoms with Gasteiger partial charge in [-0.3, -0.25) is 4.68 Å². The Kier molecular flexibility index (Phi) is 4.55. The smallest absolute Gasteiger partial charge is 0.436 e. The Bertz CT molecular complexity index is 899. The molecule has 0 N–H and O–H groups in total. The fraction of sp³-hybridized carbons (Fsp3) is 0.526. The number of pyridine rings is 1. The molecule has 2 aromatic heterocycles. The molecule has 6 nitrogen and oxygen atoms in total. The van der Waals surface area contributed by atoms with E-state index >= 15 is 0 Å². The Balaban J connectivity index is 1.56. The molecule has 0 bridgehead atoms. The average molecular weight is 394 g/mol. The lowest BCUT2D eigenvalue weighted by molar-refractivity contribution is -0.142. The number of aryl methyl sites for hydroxylation is 1. The third-order valence-corrected chi connectivity index (χ3v) is 5.34. The minimum Gasteiger partial charge on any atom is -0.462 e. The molecule has 1 saturated heterocycles. The van der Waals surface area contributed by atoms with Crippen LogP contribution in [0.15, 0.2) is 18.3 Å². The van der Waals surface area contributed by atoms with Crippen molar-refractivity contribution in [2.75, 3.05) is 24.6 Å². The number of halogens is 3. The molecule has 0 amide bonds. The van der Waals surface area contributed by atoms with Crippen molar-refractivity contribution in [2.45, 2.75) is 33.0 Å². The van der Waals surface area contributed by atoms with Crippen molar-refractivity contribution in [3.05, 3.63) is 40.8 Å². The fourth-order valence-corrected chi connectivity index (χ4v) is 3.75. The monoisotopic (exact) mass is 394 g/mol. The SMILES string of the molecule is CCOC(=O)c1cn(Cc2ccc(N3CC4CC4C3)nc2C)nc1C(F)(F)F. The number of esters is 1. The van der Waals surface area contributed by atoms with Gasteiger partial charge in [0.1, 0.15) is 11.4 Å². The molecule has 1 saturated carbocycles. The maximum Gasteiger partial charge on any atom is 0.436 e. The van der Waals surface area contributed by atoms with Crippen molar-refractivity contribution < 1.29 is 22.7 Å². The van der Waals surface area contributed by atoms with Gasteiger partial charge in [-0.2, -0.15) is 18.3 Å². The molecule has 2 aliphatic rings. The predicted octanol–water partition coefficient (Wildman–Crippen LogP) is 3.29. The van der Waals surface area contributed by atoms with Crippen molar-refractivity contribution in [1.82, 2.24) is 14.8 Å². The Morgan fingerprint density at radius 2 is 2.00 bits per heavy atom. The van der Waals surface area contributed by atoms with Crippen LogP contribution in [-0.4, -0.2) is 40.4 Å². The first-order valence-electron chi connectivity index (χ1n) is 9.29. The first kappa shape index (κ1) is 18.8. The maximum absolute atomic E-state index is 13.2. The second-order valence-corrected chi connectivity index (χ2v) is 7.38. The summed E-state index contributed by atoms with van der Waals surface area (Å²) in [7, 11) is 0. The molecule has 0 spiro atoms. The molecule has 28 heavy (non-hydrogen) atoms. The van der Waals surface area contributed by atoms with Crippen LogP contribution < -0.4 is 4.90 Å². The molecule has 2 fully saturated rings. The number of anilines is 1. The highest BCUT2D eigenvalue weighted by atomic mass is 19.4. The molecular weight excluding hydrogens is 373 g/mol. The van der Waals surface area contributed by atoms with Crippen molar-refractivity contribution in [3.8, 4) is 0 Å². The highest BCUT2D eigenvalue weighted by Gasteiger charge is 2.45. The molecule has 1 aliphatic carbocycles. The van der Waals surface area contributed by atoms with E-state index in [4.69, 9.17) is 4.74 Å². The Morgan fingerprint density at radius 3 is 2.61 bits per heavy atom. The number of hydrogen-bond donors (Lipinski definition) is 0. The van der Waals surface area contributed by atoms with Crippen LogP contribution in [0.2, 0.25) is 0 Å². The number of aromatic nitrogens is 3. The van der Waals surface area contributed by atoms with E-state index in [1.807, 2.05) is 19.1 Å². The standard InChI is InChI=1S/C19H21F3N4O2/c1-3-28-18(27)15-10-26(24-17(15)19(20,21)22)9-12-4-5-16(23-11(12)2)25-7-13-6-14(13)8-25/h4-5,10,13-14H,3,6-9H2,1-2H3. The molecule has 3 heterocycles. The summed E-state index contributed by atoms with van der Waals surface area (Å²) in [5.74, 6) is 1.44. The number of fused-ring (bicyclic) bond motifs is 1. The quantitative estimate of drug-likeness (QED) is 0.729. The van der Waals surface area contributed by atoms with Gasteiger partial charge in [-0.25, -0.2) is 9.78 Å². The van der Waals surface area contributed by atoms with E-state index in [1.165, 1.54) is 13.3 Å². The van der Waals surface area contributed by atoms with Gasteiger partial charge in [-0.05, 0) is 43.7 Å². The fourth-order valence-electron chi connectivity index (χ4n) is 3.75. The van der Waals surface area contributed by atoms with Crippen molar-refractivity contribution in [2.24, 2.45) is 11.8 Å². The number of piperidine rings is 1. The zero-order valence-corrected chi connectivity index (χ0v) is 15.7. The first-order chi connectivity index (χ1) is 13.3. The average Bonchev–Trinajstić information content (AvgIpc) is 3.04. The van der Waals surface area contributed by atoms with Crippen molar-refractivity contribution >= 4 is 11.8 Å². The summed E-state index contributed by atoms with van der Waals surface area (Å²) in [4.78, 5) is 18.7. The number of rotatable bonds is 5. The van der Waals surface area contributed by atoms with Gasteiger partial charge in [0.15, 0.2) is 5.69 Å².